The van der Waals surface area contributed by atoms with Crippen LogP contribution >= 0.6 is 11.8 Å². The first-order chi connectivity index (χ1) is 7.24. The molecule has 0 aromatic carbocycles. The SMILES string of the molecule is CSc1nc(C=O)c2c(n1)CN(C)CC2. The molecule has 2 rings (SSSR count). The molecule has 0 fully saturated rings. The first kappa shape index (κ1) is 10.6. The fourth-order valence-corrected chi connectivity index (χ4v) is 2.15. The molecule has 15 heavy (non-hydrogen) atoms. The van der Waals surface area contributed by atoms with E-state index >= 15 is 0 Å². The molecule has 0 amide bonds. The molecular formula is C10H13N3OS. The molecule has 0 saturated heterocycles. The number of fused-ring (bicyclic) bond motifs is 1. The lowest BCUT2D eigenvalue weighted by atomic mass is 10.0. The molecule has 0 N–H and O–H groups in total. The number of nitrogens with zero attached hydrogens (tertiary/aromatic N) is 3. The number of rotatable bonds is 2. The van der Waals surface area contributed by atoms with Gasteiger partial charge in [-0.15, -0.1) is 0 Å². The highest BCUT2D eigenvalue weighted by atomic mass is 32.2. The minimum Gasteiger partial charge on any atom is -0.300 e. The maximum atomic E-state index is 10.9. The number of hydrogen-bond acceptors (Lipinski definition) is 5. The van der Waals surface area contributed by atoms with E-state index in [0.29, 0.717) is 10.9 Å². The van der Waals surface area contributed by atoms with Crippen molar-refractivity contribution < 1.29 is 4.79 Å². The van der Waals surface area contributed by atoms with Crippen LogP contribution in [0.2, 0.25) is 0 Å². The summed E-state index contributed by atoms with van der Waals surface area (Å²) >= 11 is 1.47. The Morgan fingerprint density at radius 3 is 2.93 bits per heavy atom. The first-order valence-corrected chi connectivity index (χ1v) is 6.04. The van der Waals surface area contributed by atoms with Gasteiger partial charge in [-0.3, -0.25) is 4.79 Å². The molecule has 0 atom stereocenters. The van der Waals surface area contributed by atoms with E-state index in [1.54, 1.807) is 0 Å². The number of likely N-dealkylation sites (N-methyl/N-ethyl adjacent to an activating group) is 1. The van der Waals surface area contributed by atoms with Crippen molar-refractivity contribution in [2.75, 3.05) is 19.8 Å². The number of carbonyl (C=O) groups excluding carboxylic acids is 1. The second-order valence-electron chi connectivity index (χ2n) is 3.63. The van der Waals surface area contributed by atoms with Crippen molar-refractivity contribution in [1.29, 1.82) is 0 Å². The third-order valence-electron chi connectivity index (χ3n) is 2.56. The lowest BCUT2D eigenvalue weighted by Gasteiger charge is -2.24. The van der Waals surface area contributed by atoms with Crippen LogP contribution in [-0.4, -0.2) is 41.0 Å². The minimum absolute atomic E-state index is 0.567. The van der Waals surface area contributed by atoms with Crippen molar-refractivity contribution in [2.45, 2.75) is 18.1 Å². The first-order valence-electron chi connectivity index (χ1n) is 4.82. The second-order valence-corrected chi connectivity index (χ2v) is 4.40. The molecule has 4 nitrogen and oxygen atoms in total. The molecule has 1 aromatic heterocycles. The molecule has 80 valence electrons. The van der Waals surface area contributed by atoms with Crippen molar-refractivity contribution >= 4 is 18.0 Å². The van der Waals surface area contributed by atoms with Gasteiger partial charge in [-0.05, 0) is 19.7 Å². The van der Waals surface area contributed by atoms with Crippen molar-refractivity contribution in [2.24, 2.45) is 0 Å². The molecule has 0 spiro atoms. The van der Waals surface area contributed by atoms with Gasteiger partial charge in [-0.2, -0.15) is 0 Å². The van der Waals surface area contributed by atoms with Gasteiger partial charge in [-0.1, -0.05) is 11.8 Å². The van der Waals surface area contributed by atoms with Gasteiger partial charge >= 0.3 is 0 Å². The topological polar surface area (TPSA) is 46.1 Å². The van der Waals surface area contributed by atoms with Crippen molar-refractivity contribution in [3.05, 3.63) is 17.0 Å². The Morgan fingerprint density at radius 1 is 1.47 bits per heavy atom. The van der Waals surface area contributed by atoms with E-state index in [4.69, 9.17) is 0 Å². The third-order valence-corrected chi connectivity index (χ3v) is 3.11. The molecule has 0 bridgehead atoms. The summed E-state index contributed by atoms with van der Waals surface area (Å²) in [4.78, 5) is 21.8. The Bertz CT molecular complexity index is 394. The summed E-state index contributed by atoms with van der Waals surface area (Å²) < 4.78 is 0. The van der Waals surface area contributed by atoms with E-state index in [0.717, 1.165) is 37.1 Å². The summed E-state index contributed by atoms with van der Waals surface area (Å²) in [7, 11) is 2.06. The van der Waals surface area contributed by atoms with Crippen LogP contribution in [-0.2, 0) is 13.0 Å². The minimum atomic E-state index is 0.567. The smallest absolute Gasteiger partial charge is 0.188 e. The molecule has 2 heterocycles. The van der Waals surface area contributed by atoms with Gasteiger partial charge in [0, 0.05) is 18.7 Å². The van der Waals surface area contributed by atoms with Gasteiger partial charge in [0.05, 0.1) is 5.69 Å². The van der Waals surface area contributed by atoms with Gasteiger partial charge < -0.3 is 4.90 Å². The van der Waals surface area contributed by atoms with Gasteiger partial charge in [0.15, 0.2) is 11.4 Å². The summed E-state index contributed by atoms with van der Waals surface area (Å²) in [6.45, 7) is 1.78. The predicted molar refractivity (Wildman–Crippen MR) is 59.2 cm³/mol. The van der Waals surface area contributed by atoms with E-state index in [-0.39, 0.29) is 0 Å². The van der Waals surface area contributed by atoms with Gasteiger partial charge in [0.2, 0.25) is 0 Å². The van der Waals surface area contributed by atoms with Gasteiger partial charge in [-0.25, -0.2) is 9.97 Å². The highest BCUT2D eigenvalue weighted by Crippen LogP contribution is 2.20. The largest absolute Gasteiger partial charge is 0.300 e. The standard InChI is InChI=1S/C10H13N3OS/c1-13-4-3-7-8(5-13)11-10(15-2)12-9(7)6-14/h6H,3-5H2,1-2H3. The normalized spacial score (nSPS) is 16.1. The van der Waals surface area contributed by atoms with E-state index in [2.05, 4.69) is 21.9 Å². The zero-order valence-corrected chi connectivity index (χ0v) is 9.67. The van der Waals surface area contributed by atoms with Crippen LogP contribution in [0.3, 0.4) is 0 Å². The number of aldehydes is 1. The third kappa shape index (κ3) is 2.03. The van der Waals surface area contributed by atoms with E-state index in [9.17, 15) is 4.79 Å². The molecule has 1 aromatic rings. The molecule has 0 radical (unpaired) electrons. The maximum Gasteiger partial charge on any atom is 0.188 e. The summed E-state index contributed by atoms with van der Waals surface area (Å²) in [5.74, 6) is 0. The lowest BCUT2D eigenvalue weighted by Crippen LogP contribution is -2.29. The lowest BCUT2D eigenvalue weighted by molar-refractivity contribution is 0.111. The second kappa shape index (κ2) is 4.28. The molecular weight excluding hydrogens is 210 g/mol. The molecule has 1 aliphatic rings. The van der Waals surface area contributed by atoms with Crippen molar-refractivity contribution in [3.63, 3.8) is 0 Å². The monoisotopic (exact) mass is 223 g/mol. The highest BCUT2D eigenvalue weighted by molar-refractivity contribution is 7.98. The Kier molecular flexibility index (Phi) is 3.02. The predicted octanol–water partition coefficient (Wildman–Crippen LogP) is 0.999. The Balaban J connectivity index is 2.49. The Hall–Kier alpha value is -0.940. The zero-order chi connectivity index (χ0) is 10.8. The van der Waals surface area contributed by atoms with E-state index in [1.165, 1.54) is 11.8 Å². The summed E-state index contributed by atoms with van der Waals surface area (Å²) in [5, 5.41) is 0.686. The van der Waals surface area contributed by atoms with Gasteiger partial charge in [0.25, 0.3) is 0 Å². The zero-order valence-electron chi connectivity index (χ0n) is 8.86. The molecule has 5 heteroatoms. The van der Waals surface area contributed by atoms with Crippen LogP contribution < -0.4 is 0 Å². The average Bonchev–Trinajstić information content (AvgIpc) is 2.26. The molecule has 0 unspecified atom stereocenters. The Labute approximate surface area is 93.1 Å². The van der Waals surface area contributed by atoms with Crippen LogP contribution in [0, 0.1) is 0 Å². The summed E-state index contributed by atoms with van der Waals surface area (Å²) in [5.41, 5.74) is 2.60. The van der Waals surface area contributed by atoms with Crippen molar-refractivity contribution in [3.8, 4) is 0 Å². The quantitative estimate of drug-likeness (QED) is 0.425. The van der Waals surface area contributed by atoms with Crippen LogP contribution in [0.1, 0.15) is 21.7 Å². The van der Waals surface area contributed by atoms with Gasteiger partial charge in [0.1, 0.15) is 5.69 Å². The average molecular weight is 223 g/mol. The van der Waals surface area contributed by atoms with E-state index in [1.807, 2.05) is 6.26 Å². The summed E-state index contributed by atoms with van der Waals surface area (Å²) in [6.07, 6.45) is 3.63. The van der Waals surface area contributed by atoms with E-state index < -0.39 is 0 Å². The fourth-order valence-electron chi connectivity index (χ4n) is 1.76. The number of carbonyl (C=O) groups is 1. The van der Waals surface area contributed by atoms with Crippen LogP contribution in [0.4, 0.5) is 0 Å². The maximum absolute atomic E-state index is 10.9. The fraction of sp³-hybridized carbons (Fsp3) is 0.500. The number of aromatic nitrogens is 2. The number of hydrogen-bond donors (Lipinski definition) is 0. The Morgan fingerprint density at radius 2 is 2.27 bits per heavy atom. The molecule has 0 saturated carbocycles. The van der Waals surface area contributed by atoms with Crippen LogP contribution in [0.15, 0.2) is 5.16 Å². The highest BCUT2D eigenvalue weighted by Gasteiger charge is 2.19. The number of thioether (sulfide) groups is 1. The van der Waals surface area contributed by atoms with Crippen molar-refractivity contribution in [1.82, 2.24) is 14.9 Å². The van der Waals surface area contributed by atoms with Crippen LogP contribution in [0.25, 0.3) is 0 Å². The van der Waals surface area contributed by atoms with Crippen LogP contribution in [0.5, 0.6) is 0 Å². The summed E-state index contributed by atoms with van der Waals surface area (Å²) in [6, 6.07) is 0. The molecule has 0 aliphatic carbocycles. The molecule has 1 aliphatic heterocycles.